The van der Waals surface area contributed by atoms with Gasteiger partial charge in [-0.15, -0.1) is 0 Å². The first-order valence-corrected chi connectivity index (χ1v) is 9.89. The van der Waals surface area contributed by atoms with E-state index in [9.17, 15) is 15.0 Å². The first-order valence-electron chi connectivity index (χ1n) is 8.84. The summed E-state index contributed by atoms with van der Waals surface area (Å²) in [5.41, 5.74) is 6.05. The van der Waals surface area contributed by atoms with E-state index in [4.69, 9.17) is 10.5 Å². The van der Waals surface area contributed by atoms with Gasteiger partial charge >= 0.3 is 0 Å². The van der Waals surface area contributed by atoms with Crippen LogP contribution in [-0.4, -0.2) is 73.0 Å². The molecule has 0 aromatic rings. The standard InChI is InChI=1S/C15H29B2NO4S/c16-6-9(4-13-11(19)5-12(20)15(17)22-13)23-7-10(18)14(21)8-2-1-3-8/h8-13,15,19-20H,1-7,16-18H2/t9?,10?,11-,12?,13+,15-/m0/s1. The number of carbonyl (C=O) groups is 1. The van der Waals surface area contributed by atoms with Crippen molar-refractivity contribution in [1.29, 1.82) is 0 Å². The average molecular weight is 341 g/mol. The zero-order chi connectivity index (χ0) is 17.0. The molecule has 0 aromatic carbocycles. The fourth-order valence-electron chi connectivity index (χ4n) is 3.19. The fourth-order valence-corrected chi connectivity index (χ4v) is 4.39. The molecule has 1 aliphatic carbocycles. The largest absolute Gasteiger partial charge is 0.391 e. The molecule has 4 N–H and O–H groups in total. The normalized spacial score (nSPS) is 34.6. The highest BCUT2D eigenvalue weighted by molar-refractivity contribution is 8.00. The van der Waals surface area contributed by atoms with Gasteiger partial charge < -0.3 is 20.7 Å². The average Bonchev–Trinajstić information content (AvgIpc) is 2.46. The van der Waals surface area contributed by atoms with E-state index >= 15 is 0 Å². The van der Waals surface area contributed by atoms with Gasteiger partial charge in [-0.2, -0.15) is 11.8 Å². The van der Waals surface area contributed by atoms with Crippen LogP contribution in [0.25, 0.3) is 0 Å². The molecule has 2 fully saturated rings. The lowest BCUT2D eigenvalue weighted by atomic mass is 9.80. The number of carbonyl (C=O) groups excluding carboxylic acids is 1. The molecule has 1 aliphatic heterocycles. The molecule has 23 heavy (non-hydrogen) atoms. The van der Waals surface area contributed by atoms with Crippen LogP contribution in [0.4, 0.5) is 0 Å². The summed E-state index contributed by atoms with van der Waals surface area (Å²) in [5.74, 6) is 1.04. The van der Waals surface area contributed by atoms with Crippen molar-refractivity contribution in [3.05, 3.63) is 0 Å². The molecule has 130 valence electrons. The molecule has 2 aliphatic rings. The Balaban J connectivity index is 1.77. The number of hydrogen-bond donors (Lipinski definition) is 3. The number of ketones is 1. The van der Waals surface area contributed by atoms with E-state index in [1.54, 1.807) is 11.8 Å². The summed E-state index contributed by atoms with van der Waals surface area (Å²) in [4.78, 5) is 12.1. The number of hydrogen-bond acceptors (Lipinski definition) is 6. The van der Waals surface area contributed by atoms with Gasteiger partial charge in [0.25, 0.3) is 0 Å². The van der Waals surface area contributed by atoms with Crippen LogP contribution in [-0.2, 0) is 9.53 Å². The van der Waals surface area contributed by atoms with Crippen molar-refractivity contribution in [2.24, 2.45) is 11.7 Å². The van der Waals surface area contributed by atoms with E-state index in [1.165, 1.54) is 0 Å². The summed E-state index contributed by atoms with van der Waals surface area (Å²) in [6, 6.07) is -0.620. The van der Waals surface area contributed by atoms with Gasteiger partial charge in [-0.05, 0) is 19.3 Å². The van der Waals surface area contributed by atoms with Crippen LogP contribution < -0.4 is 5.73 Å². The van der Waals surface area contributed by atoms with Crippen LogP contribution >= 0.6 is 11.8 Å². The molecule has 0 bridgehead atoms. The van der Waals surface area contributed by atoms with Crippen LogP contribution in [0.5, 0.6) is 0 Å². The molecule has 0 amide bonds. The SMILES string of the molecule is BCC(C[C@H]1O[C@H](B)C(O)C[C@@H]1O)SCC(N)C(=O)C1CCC1. The van der Waals surface area contributed by atoms with E-state index in [0.29, 0.717) is 17.4 Å². The Morgan fingerprint density at radius 2 is 2.04 bits per heavy atom. The Hall–Kier alpha value is -0.0101. The lowest BCUT2D eigenvalue weighted by molar-refractivity contribution is -0.141. The predicted octanol–water partition coefficient (Wildman–Crippen LogP) is -1.30. The highest BCUT2D eigenvalue weighted by Crippen LogP contribution is 2.30. The molecule has 0 radical (unpaired) electrons. The molecule has 1 saturated carbocycles. The molecule has 2 rings (SSSR count). The van der Waals surface area contributed by atoms with Gasteiger partial charge in [0.2, 0.25) is 0 Å². The Kier molecular flexibility index (Phi) is 7.48. The maximum Gasteiger partial charge on any atom is 0.153 e. The second kappa shape index (κ2) is 8.90. The monoisotopic (exact) mass is 341 g/mol. The summed E-state index contributed by atoms with van der Waals surface area (Å²) in [6.45, 7) is 0. The van der Waals surface area contributed by atoms with Crippen LogP contribution in [0.3, 0.4) is 0 Å². The van der Waals surface area contributed by atoms with Crippen molar-refractivity contribution in [2.45, 2.75) is 74.0 Å². The molecule has 3 unspecified atom stereocenters. The second-order valence-electron chi connectivity index (χ2n) is 6.99. The Morgan fingerprint density at radius 1 is 1.35 bits per heavy atom. The number of ether oxygens (including phenoxy) is 1. The molecular formula is C15H29B2NO4S. The van der Waals surface area contributed by atoms with Gasteiger partial charge in [0.1, 0.15) is 15.7 Å². The zero-order valence-electron chi connectivity index (χ0n) is 14.2. The number of aliphatic hydroxyl groups is 2. The molecule has 6 atom stereocenters. The first-order chi connectivity index (χ1) is 10.9. The molecule has 8 heteroatoms. The third-order valence-electron chi connectivity index (χ3n) is 5.18. The van der Waals surface area contributed by atoms with Gasteiger partial charge in [-0.3, -0.25) is 4.79 Å². The topological polar surface area (TPSA) is 92.8 Å². The van der Waals surface area contributed by atoms with Gasteiger partial charge in [0.05, 0.1) is 30.4 Å². The predicted molar refractivity (Wildman–Crippen MR) is 98.4 cm³/mol. The van der Waals surface area contributed by atoms with E-state index in [-0.39, 0.29) is 29.9 Å². The Morgan fingerprint density at radius 3 is 2.61 bits per heavy atom. The van der Waals surface area contributed by atoms with Gasteiger partial charge in [0, 0.05) is 23.3 Å². The lowest BCUT2D eigenvalue weighted by Gasteiger charge is -2.37. The summed E-state index contributed by atoms with van der Waals surface area (Å²) < 4.78 is 5.75. The summed E-state index contributed by atoms with van der Waals surface area (Å²) in [5, 5.41) is 20.1. The number of Topliss-reactive ketones (excluding diaryl/α,β-unsaturated/α-hetero) is 1. The highest BCUT2D eigenvalue weighted by atomic mass is 32.2. The van der Waals surface area contributed by atoms with Crippen molar-refractivity contribution < 1.29 is 19.7 Å². The number of thioether (sulfide) groups is 1. The molecular weight excluding hydrogens is 312 g/mol. The summed E-state index contributed by atoms with van der Waals surface area (Å²) in [6.07, 6.45) is 3.71. The van der Waals surface area contributed by atoms with Crippen molar-refractivity contribution in [2.75, 3.05) is 5.75 Å². The van der Waals surface area contributed by atoms with E-state index in [1.807, 2.05) is 7.85 Å². The van der Waals surface area contributed by atoms with Crippen molar-refractivity contribution in [3.8, 4) is 0 Å². The van der Waals surface area contributed by atoms with Crippen molar-refractivity contribution >= 4 is 33.2 Å². The van der Waals surface area contributed by atoms with Gasteiger partial charge in [0.15, 0.2) is 5.78 Å². The fraction of sp³-hybridized carbons (Fsp3) is 0.933. The highest BCUT2D eigenvalue weighted by Gasteiger charge is 2.35. The lowest BCUT2D eigenvalue weighted by Crippen LogP contribution is -2.48. The van der Waals surface area contributed by atoms with Crippen LogP contribution in [0.1, 0.15) is 32.1 Å². The van der Waals surface area contributed by atoms with Crippen molar-refractivity contribution in [3.63, 3.8) is 0 Å². The number of nitrogens with two attached hydrogens (primary N) is 1. The molecule has 0 spiro atoms. The van der Waals surface area contributed by atoms with Crippen LogP contribution in [0.2, 0.25) is 6.32 Å². The summed E-state index contributed by atoms with van der Waals surface area (Å²) in [7, 11) is 3.94. The molecule has 5 nitrogen and oxygen atoms in total. The number of aliphatic hydroxyl groups excluding tert-OH is 2. The van der Waals surface area contributed by atoms with E-state index < -0.39 is 12.2 Å². The maximum atomic E-state index is 12.1. The Bertz CT molecular complexity index is 400. The summed E-state index contributed by atoms with van der Waals surface area (Å²) >= 11 is 1.71. The first kappa shape index (κ1) is 19.3. The molecule has 1 heterocycles. The minimum absolute atomic E-state index is 0.191. The third-order valence-corrected chi connectivity index (χ3v) is 6.73. The Labute approximate surface area is 144 Å². The van der Waals surface area contributed by atoms with Gasteiger partial charge in [-0.1, -0.05) is 12.7 Å². The quantitative estimate of drug-likeness (QED) is 0.475. The molecule has 0 aromatic heterocycles. The van der Waals surface area contributed by atoms with Crippen LogP contribution in [0.15, 0.2) is 0 Å². The van der Waals surface area contributed by atoms with Gasteiger partial charge in [-0.25, -0.2) is 0 Å². The maximum absolute atomic E-state index is 12.1. The minimum Gasteiger partial charge on any atom is -0.391 e. The van der Waals surface area contributed by atoms with Crippen molar-refractivity contribution in [1.82, 2.24) is 0 Å². The molecule has 1 saturated heterocycles. The smallest absolute Gasteiger partial charge is 0.153 e. The van der Waals surface area contributed by atoms with E-state index in [0.717, 1.165) is 32.0 Å². The minimum atomic E-state index is -0.624. The third kappa shape index (κ3) is 5.23. The van der Waals surface area contributed by atoms with E-state index in [2.05, 4.69) is 7.85 Å². The zero-order valence-corrected chi connectivity index (χ0v) is 15.0. The second-order valence-corrected chi connectivity index (χ2v) is 8.32. The number of rotatable bonds is 8. The van der Waals surface area contributed by atoms with Crippen LogP contribution in [0, 0.1) is 5.92 Å².